The second-order valence-corrected chi connectivity index (χ2v) is 4.94. The predicted molar refractivity (Wildman–Crippen MR) is 77.4 cm³/mol. The Hall–Kier alpha value is -2.36. The van der Waals surface area contributed by atoms with E-state index in [0.717, 1.165) is 27.8 Å². The molecule has 3 rings (SSSR count). The fourth-order valence-electron chi connectivity index (χ4n) is 2.16. The van der Waals surface area contributed by atoms with Gasteiger partial charge in [0.2, 0.25) is 0 Å². The van der Waals surface area contributed by atoms with E-state index in [1.807, 2.05) is 41.3 Å². The third-order valence-electron chi connectivity index (χ3n) is 3.29. The van der Waals surface area contributed by atoms with E-state index in [1.165, 1.54) is 0 Å². The molecule has 0 saturated carbocycles. The van der Waals surface area contributed by atoms with E-state index in [-0.39, 0.29) is 0 Å². The standard InChI is InChI=1S/C15H16N4/c1-10(2)13-6-8-19(18-13)14-4-3-11-9-17-7-5-12(11)15(14)16/h3-10H,16H2,1-2H3. The van der Waals surface area contributed by atoms with Gasteiger partial charge < -0.3 is 5.73 Å². The molecule has 2 heterocycles. The minimum atomic E-state index is 0.409. The van der Waals surface area contributed by atoms with Crippen molar-refractivity contribution in [3.63, 3.8) is 0 Å². The molecule has 0 radical (unpaired) electrons. The van der Waals surface area contributed by atoms with Crippen LogP contribution in [0.5, 0.6) is 0 Å². The molecule has 0 amide bonds. The third-order valence-corrected chi connectivity index (χ3v) is 3.29. The molecule has 0 spiro atoms. The monoisotopic (exact) mass is 252 g/mol. The molecule has 96 valence electrons. The average molecular weight is 252 g/mol. The lowest BCUT2D eigenvalue weighted by Gasteiger charge is -2.09. The highest BCUT2D eigenvalue weighted by Gasteiger charge is 2.09. The molecular weight excluding hydrogens is 236 g/mol. The molecule has 0 fully saturated rings. The summed E-state index contributed by atoms with van der Waals surface area (Å²) < 4.78 is 1.84. The molecule has 0 aliphatic heterocycles. The molecule has 1 aromatic carbocycles. The van der Waals surface area contributed by atoms with Crippen molar-refractivity contribution in [2.75, 3.05) is 5.73 Å². The summed E-state index contributed by atoms with van der Waals surface area (Å²) in [6.45, 7) is 4.25. The molecule has 0 aliphatic carbocycles. The van der Waals surface area contributed by atoms with Gasteiger partial charge in [-0.1, -0.05) is 19.9 Å². The van der Waals surface area contributed by atoms with Crippen LogP contribution in [0.15, 0.2) is 42.9 Å². The number of nitrogen functional groups attached to an aromatic ring is 1. The van der Waals surface area contributed by atoms with Crippen LogP contribution in [0.2, 0.25) is 0 Å². The molecule has 0 unspecified atom stereocenters. The summed E-state index contributed by atoms with van der Waals surface area (Å²) in [5.74, 6) is 0.409. The number of pyridine rings is 1. The topological polar surface area (TPSA) is 56.7 Å². The van der Waals surface area contributed by atoms with Crippen molar-refractivity contribution >= 4 is 16.5 Å². The molecule has 0 saturated heterocycles. The van der Waals surface area contributed by atoms with E-state index in [4.69, 9.17) is 5.73 Å². The Kier molecular flexibility index (Phi) is 2.71. The van der Waals surface area contributed by atoms with Gasteiger partial charge in [-0.3, -0.25) is 4.98 Å². The maximum absolute atomic E-state index is 6.25. The number of benzene rings is 1. The number of hydrogen-bond acceptors (Lipinski definition) is 3. The Morgan fingerprint density at radius 3 is 2.74 bits per heavy atom. The summed E-state index contributed by atoms with van der Waals surface area (Å²) in [5, 5.41) is 6.62. The number of rotatable bonds is 2. The zero-order valence-electron chi connectivity index (χ0n) is 11.0. The molecule has 4 nitrogen and oxygen atoms in total. The van der Waals surface area contributed by atoms with Gasteiger partial charge in [0, 0.05) is 29.4 Å². The van der Waals surface area contributed by atoms with Crippen molar-refractivity contribution < 1.29 is 0 Å². The molecule has 0 bridgehead atoms. The van der Waals surface area contributed by atoms with E-state index in [2.05, 4.69) is 23.9 Å². The first-order chi connectivity index (χ1) is 9.16. The van der Waals surface area contributed by atoms with E-state index < -0.39 is 0 Å². The Balaban J connectivity index is 2.16. The zero-order chi connectivity index (χ0) is 13.4. The van der Waals surface area contributed by atoms with Crippen molar-refractivity contribution in [3.8, 4) is 5.69 Å². The van der Waals surface area contributed by atoms with Crippen LogP contribution < -0.4 is 5.73 Å². The van der Waals surface area contributed by atoms with E-state index in [1.54, 1.807) is 6.20 Å². The Morgan fingerprint density at radius 1 is 1.16 bits per heavy atom. The molecule has 0 atom stereocenters. The zero-order valence-corrected chi connectivity index (χ0v) is 11.0. The summed E-state index contributed by atoms with van der Waals surface area (Å²) in [6.07, 6.45) is 5.53. The highest BCUT2D eigenvalue weighted by Crippen LogP contribution is 2.27. The lowest BCUT2D eigenvalue weighted by atomic mass is 10.1. The maximum atomic E-state index is 6.25. The molecule has 0 aliphatic rings. The van der Waals surface area contributed by atoms with Crippen LogP contribution in [0.25, 0.3) is 16.5 Å². The van der Waals surface area contributed by atoms with Gasteiger partial charge >= 0.3 is 0 Å². The first-order valence-electron chi connectivity index (χ1n) is 6.35. The van der Waals surface area contributed by atoms with E-state index in [0.29, 0.717) is 5.92 Å². The van der Waals surface area contributed by atoms with Gasteiger partial charge in [0.15, 0.2) is 0 Å². The summed E-state index contributed by atoms with van der Waals surface area (Å²) in [7, 11) is 0. The SMILES string of the molecule is CC(C)c1ccn(-c2ccc3cnccc3c2N)n1. The highest BCUT2D eigenvalue weighted by molar-refractivity contribution is 5.96. The van der Waals surface area contributed by atoms with E-state index in [9.17, 15) is 0 Å². The quantitative estimate of drug-likeness (QED) is 0.713. The van der Waals surface area contributed by atoms with Crippen LogP contribution in [0.1, 0.15) is 25.5 Å². The van der Waals surface area contributed by atoms with Gasteiger partial charge in [0.25, 0.3) is 0 Å². The number of aromatic nitrogens is 3. The fraction of sp³-hybridized carbons (Fsp3) is 0.200. The maximum Gasteiger partial charge on any atom is 0.0881 e. The minimum absolute atomic E-state index is 0.409. The number of fused-ring (bicyclic) bond motifs is 1. The first kappa shape index (κ1) is 11.7. The van der Waals surface area contributed by atoms with Gasteiger partial charge in [0.05, 0.1) is 17.1 Å². The third kappa shape index (κ3) is 1.95. The smallest absolute Gasteiger partial charge is 0.0881 e. The lowest BCUT2D eigenvalue weighted by molar-refractivity contribution is 0.769. The van der Waals surface area contributed by atoms with Crippen molar-refractivity contribution in [3.05, 3.63) is 48.5 Å². The predicted octanol–water partition coefficient (Wildman–Crippen LogP) is 3.13. The average Bonchev–Trinajstić information content (AvgIpc) is 2.89. The van der Waals surface area contributed by atoms with Gasteiger partial charge in [0.1, 0.15) is 0 Å². The van der Waals surface area contributed by atoms with Gasteiger partial charge in [-0.2, -0.15) is 5.10 Å². The van der Waals surface area contributed by atoms with Crippen LogP contribution in [0.3, 0.4) is 0 Å². The molecule has 2 aromatic heterocycles. The summed E-state index contributed by atoms with van der Waals surface area (Å²) >= 11 is 0. The van der Waals surface area contributed by atoms with Gasteiger partial charge in [-0.05, 0) is 24.1 Å². The van der Waals surface area contributed by atoms with Crippen molar-refractivity contribution in [2.45, 2.75) is 19.8 Å². The highest BCUT2D eigenvalue weighted by atomic mass is 15.3. The van der Waals surface area contributed by atoms with Crippen LogP contribution in [0.4, 0.5) is 5.69 Å². The van der Waals surface area contributed by atoms with Gasteiger partial charge in [-0.15, -0.1) is 0 Å². The second-order valence-electron chi connectivity index (χ2n) is 4.94. The number of nitrogens with zero attached hydrogens (tertiary/aromatic N) is 3. The van der Waals surface area contributed by atoms with Crippen molar-refractivity contribution in [1.82, 2.24) is 14.8 Å². The molecule has 2 N–H and O–H groups in total. The number of hydrogen-bond donors (Lipinski definition) is 1. The minimum Gasteiger partial charge on any atom is -0.396 e. The second kappa shape index (κ2) is 4.39. The number of anilines is 1. The Bertz CT molecular complexity index is 728. The van der Waals surface area contributed by atoms with Crippen LogP contribution in [-0.4, -0.2) is 14.8 Å². The Morgan fingerprint density at radius 2 is 2.00 bits per heavy atom. The van der Waals surface area contributed by atoms with Crippen LogP contribution >= 0.6 is 0 Å². The summed E-state index contributed by atoms with van der Waals surface area (Å²) in [5.41, 5.74) is 8.95. The van der Waals surface area contributed by atoms with Crippen molar-refractivity contribution in [2.24, 2.45) is 0 Å². The van der Waals surface area contributed by atoms with Crippen LogP contribution in [-0.2, 0) is 0 Å². The summed E-state index contributed by atoms with van der Waals surface area (Å²) in [6, 6.07) is 7.96. The largest absolute Gasteiger partial charge is 0.396 e. The normalized spacial score (nSPS) is 11.3. The molecular formula is C15H16N4. The van der Waals surface area contributed by atoms with E-state index >= 15 is 0 Å². The fourth-order valence-corrected chi connectivity index (χ4v) is 2.16. The van der Waals surface area contributed by atoms with Crippen LogP contribution in [0, 0.1) is 0 Å². The number of nitrogens with two attached hydrogens (primary N) is 1. The van der Waals surface area contributed by atoms with Crippen molar-refractivity contribution in [1.29, 1.82) is 0 Å². The molecule has 3 aromatic rings. The molecule has 4 heteroatoms. The molecule has 19 heavy (non-hydrogen) atoms. The Labute approximate surface area is 111 Å². The first-order valence-corrected chi connectivity index (χ1v) is 6.35. The summed E-state index contributed by atoms with van der Waals surface area (Å²) in [4.78, 5) is 4.11. The lowest BCUT2D eigenvalue weighted by Crippen LogP contribution is -2.02. The van der Waals surface area contributed by atoms with Gasteiger partial charge in [-0.25, -0.2) is 4.68 Å².